The molecule has 0 N–H and O–H groups in total. The summed E-state index contributed by atoms with van der Waals surface area (Å²) in [6.07, 6.45) is 1.83. The highest BCUT2D eigenvalue weighted by Crippen LogP contribution is 2.23. The van der Waals surface area contributed by atoms with E-state index in [1.54, 1.807) is 19.2 Å². The lowest BCUT2D eigenvalue weighted by molar-refractivity contribution is 0.247. The molecule has 4 nitrogen and oxygen atoms in total. The van der Waals surface area contributed by atoms with Crippen LogP contribution in [0.1, 0.15) is 5.69 Å². The Bertz CT molecular complexity index is 921. The first-order valence-electron chi connectivity index (χ1n) is 9.53. The number of methoxy groups -OCH3 is 1. The fraction of sp³-hybridized carbons (Fsp3) is 0.261. The van der Waals surface area contributed by atoms with Crippen LogP contribution in [-0.4, -0.2) is 43.2 Å². The first kappa shape index (κ1) is 18.4. The number of pyridine rings is 1. The van der Waals surface area contributed by atoms with E-state index in [1.807, 2.05) is 24.4 Å². The van der Waals surface area contributed by atoms with Crippen molar-refractivity contribution in [3.63, 3.8) is 0 Å². The van der Waals surface area contributed by atoms with E-state index in [1.165, 1.54) is 17.8 Å². The molecule has 1 aliphatic heterocycles. The second-order valence-corrected chi connectivity index (χ2v) is 7.01. The van der Waals surface area contributed by atoms with Gasteiger partial charge < -0.3 is 9.64 Å². The summed E-state index contributed by atoms with van der Waals surface area (Å²) in [6, 6.07) is 18.9. The third kappa shape index (κ3) is 4.31. The average Bonchev–Trinajstić information content (AvgIpc) is 2.75. The van der Waals surface area contributed by atoms with Crippen molar-refractivity contribution in [3.8, 4) is 16.9 Å². The number of halogens is 1. The molecule has 1 aliphatic rings. The molecule has 0 amide bonds. The van der Waals surface area contributed by atoms with Crippen molar-refractivity contribution in [3.05, 3.63) is 78.4 Å². The Morgan fingerprint density at radius 3 is 2.46 bits per heavy atom. The number of nitrogens with zero attached hydrogens (tertiary/aromatic N) is 3. The highest BCUT2D eigenvalue weighted by atomic mass is 19.1. The van der Waals surface area contributed by atoms with Crippen LogP contribution < -0.4 is 9.64 Å². The molecule has 2 aromatic carbocycles. The highest BCUT2D eigenvalue weighted by Gasteiger charge is 2.18. The second kappa shape index (κ2) is 8.40. The number of benzene rings is 2. The number of piperazine rings is 1. The molecule has 0 bridgehead atoms. The number of hydrogen-bond acceptors (Lipinski definition) is 4. The Morgan fingerprint density at radius 1 is 0.929 bits per heavy atom. The van der Waals surface area contributed by atoms with Crippen LogP contribution in [0.2, 0.25) is 0 Å². The van der Waals surface area contributed by atoms with Gasteiger partial charge in [-0.05, 0) is 47.5 Å². The van der Waals surface area contributed by atoms with Gasteiger partial charge >= 0.3 is 0 Å². The summed E-state index contributed by atoms with van der Waals surface area (Å²) in [5.74, 6) is 0.675. The van der Waals surface area contributed by atoms with Gasteiger partial charge in [0.25, 0.3) is 0 Å². The van der Waals surface area contributed by atoms with Crippen molar-refractivity contribution < 1.29 is 9.13 Å². The summed E-state index contributed by atoms with van der Waals surface area (Å²) < 4.78 is 18.5. The Hall–Kier alpha value is -2.92. The highest BCUT2D eigenvalue weighted by molar-refractivity contribution is 5.63. The van der Waals surface area contributed by atoms with E-state index in [2.05, 4.69) is 33.0 Å². The van der Waals surface area contributed by atoms with Crippen LogP contribution in [0.4, 0.5) is 10.1 Å². The molecule has 0 unspecified atom stereocenters. The smallest absolute Gasteiger partial charge is 0.123 e. The Balaban J connectivity index is 1.38. The Labute approximate surface area is 165 Å². The van der Waals surface area contributed by atoms with Crippen LogP contribution in [0.3, 0.4) is 0 Å². The van der Waals surface area contributed by atoms with Crippen LogP contribution in [0.5, 0.6) is 5.75 Å². The van der Waals surface area contributed by atoms with Gasteiger partial charge in [-0.25, -0.2) is 4.39 Å². The molecule has 2 heterocycles. The molecule has 3 aromatic rings. The molecule has 0 radical (unpaired) electrons. The van der Waals surface area contributed by atoms with Crippen molar-refractivity contribution in [1.82, 2.24) is 9.88 Å². The van der Waals surface area contributed by atoms with E-state index < -0.39 is 0 Å². The van der Waals surface area contributed by atoms with Crippen LogP contribution >= 0.6 is 0 Å². The predicted octanol–water partition coefficient (Wildman–Crippen LogP) is 4.22. The minimum absolute atomic E-state index is 0.216. The Morgan fingerprint density at radius 2 is 1.71 bits per heavy atom. The number of rotatable bonds is 5. The summed E-state index contributed by atoms with van der Waals surface area (Å²) in [4.78, 5) is 9.34. The van der Waals surface area contributed by atoms with Gasteiger partial charge in [-0.3, -0.25) is 9.88 Å². The number of hydrogen-bond donors (Lipinski definition) is 0. The predicted molar refractivity (Wildman–Crippen MR) is 110 cm³/mol. The zero-order valence-electron chi connectivity index (χ0n) is 16.0. The normalized spacial score (nSPS) is 14.9. The Kier molecular flexibility index (Phi) is 5.53. The second-order valence-electron chi connectivity index (χ2n) is 7.01. The lowest BCUT2D eigenvalue weighted by Gasteiger charge is -2.36. The lowest BCUT2D eigenvalue weighted by atomic mass is 10.1. The van der Waals surface area contributed by atoms with E-state index in [0.29, 0.717) is 0 Å². The van der Waals surface area contributed by atoms with Gasteiger partial charge in [-0.1, -0.05) is 18.2 Å². The molecular weight excluding hydrogens is 353 g/mol. The van der Waals surface area contributed by atoms with Gasteiger partial charge in [-0.15, -0.1) is 0 Å². The molecule has 28 heavy (non-hydrogen) atoms. The monoisotopic (exact) mass is 377 g/mol. The molecule has 1 saturated heterocycles. The van der Waals surface area contributed by atoms with Gasteiger partial charge in [-0.2, -0.15) is 0 Å². The van der Waals surface area contributed by atoms with E-state index >= 15 is 0 Å². The minimum Gasteiger partial charge on any atom is -0.497 e. The summed E-state index contributed by atoms with van der Waals surface area (Å²) in [7, 11) is 1.70. The zero-order valence-corrected chi connectivity index (χ0v) is 16.0. The van der Waals surface area contributed by atoms with Crippen molar-refractivity contribution >= 4 is 5.69 Å². The first-order chi connectivity index (χ1) is 13.7. The molecular formula is C23H24FN3O. The summed E-state index contributed by atoms with van der Waals surface area (Å²) >= 11 is 0. The lowest BCUT2D eigenvalue weighted by Crippen LogP contribution is -2.46. The van der Waals surface area contributed by atoms with Gasteiger partial charge in [0.2, 0.25) is 0 Å². The zero-order chi connectivity index (χ0) is 19.3. The average molecular weight is 377 g/mol. The third-order valence-electron chi connectivity index (χ3n) is 5.17. The van der Waals surface area contributed by atoms with Gasteiger partial charge in [0.1, 0.15) is 11.6 Å². The van der Waals surface area contributed by atoms with E-state index in [4.69, 9.17) is 4.74 Å². The van der Waals surface area contributed by atoms with Gasteiger partial charge in [0.05, 0.1) is 12.8 Å². The maximum absolute atomic E-state index is 13.2. The molecule has 0 saturated carbocycles. The molecule has 0 spiro atoms. The fourth-order valence-electron chi connectivity index (χ4n) is 3.59. The SMILES string of the molecule is COc1cccc(N2CCN(Cc3cc(-c4ccc(F)cc4)ccn3)CC2)c1. The molecule has 1 aromatic heterocycles. The first-order valence-corrected chi connectivity index (χ1v) is 9.53. The minimum atomic E-state index is -0.216. The third-order valence-corrected chi connectivity index (χ3v) is 5.17. The molecule has 1 fully saturated rings. The van der Waals surface area contributed by atoms with Crippen molar-refractivity contribution in [2.75, 3.05) is 38.2 Å². The molecule has 144 valence electrons. The molecule has 0 aliphatic carbocycles. The van der Waals surface area contributed by atoms with Crippen molar-refractivity contribution in [2.45, 2.75) is 6.54 Å². The largest absolute Gasteiger partial charge is 0.497 e. The standard InChI is InChI=1S/C23H24FN3O/c1-28-23-4-2-3-22(16-23)27-13-11-26(12-14-27)17-21-15-19(9-10-25-21)18-5-7-20(24)8-6-18/h2-10,15-16H,11-14,17H2,1H3. The van der Waals surface area contributed by atoms with E-state index in [0.717, 1.165) is 55.3 Å². The number of aromatic nitrogens is 1. The summed E-state index contributed by atoms with van der Waals surface area (Å²) in [5, 5.41) is 0. The molecule has 4 rings (SSSR count). The summed E-state index contributed by atoms with van der Waals surface area (Å²) in [6.45, 7) is 4.75. The topological polar surface area (TPSA) is 28.6 Å². The van der Waals surface area contributed by atoms with Crippen LogP contribution in [-0.2, 0) is 6.54 Å². The van der Waals surface area contributed by atoms with Crippen molar-refractivity contribution in [2.24, 2.45) is 0 Å². The maximum Gasteiger partial charge on any atom is 0.123 e. The van der Waals surface area contributed by atoms with Crippen molar-refractivity contribution in [1.29, 1.82) is 0 Å². The van der Waals surface area contributed by atoms with Gasteiger partial charge in [0.15, 0.2) is 0 Å². The summed E-state index contributed by atoms with van der Waals surface area (Å²) in [5.41, 5.74) is 4.32. The van der Waals surface area contributed by atoms with Gasteiger partial charge in [0, 0.05) is 50.7 Å². The number of ether oxygens (including phenoxy) is 1. The van der Waals surface area contributed by atoms with E-state index in [9.17, 15) is 4.39 Å². The van der Waals surface area contributed by atoms with Crippen LogP contribution in [0, 0.1) is 5.82 Å². The number of anilines is 1. The van der Waals surface area contributed by atoms with Crippen LogP contribution in [0.15, 0.2) is 66.9 Å². The van der Waals surface area contributed by atoms with E-state index in [-0.39, 0.29) is 5.82 Å². The molecule has 5 heteroatoms. The quantitative estimate of drug-likeness (QED) is 0.666. The van der Waals surface area contributed by atoms with Crippen LogP contribution in [0.25, 0.3) is 11.1 Å². The fourth-order valence-corrected chi connectivity index (χ4v) is 3.59. The molecule has 0 atom stereocenters. The maximum atomic E-state index is 13.2.